The van der Waals surface area contributed by atoms with Crippen LogP contribution in [0.1, 0.15) is 40.5 Å². The van der Waals surface area contributed by atoms with E-state index in [0.717, 1.165) is 16.8 Å². The van der Waals surface area contributed by atoms with Gasteiger partial charge < -0.3 is 5.32 Å². The van der Waals surface area contributed by atoms with Gasteiger partial charge in [-0.25, -0.2) is 0 Å². The van der Waals surface area contributed by atoms with Gasteiger partial charge in [0.1, 0.15) is 5.41 Å². The lowest BCUT2D eigenvalue weighted by Gasteiger charge is -2.48. The Morgan fingerprint density at radius 3 is 1.93 bits per heavy atom. The molecule has 0 saturated heterocycles. The Morgan fingerprint density at radius 2 is 1.37 bits per heavy atom. The largest absolute Gasteiger partial charge is 0.325 e. The standard InChI is InChI=1S/C24H18N2O/c25-15-24(23(27)26-16-8-2-1-3-9-16)14-21-17-10-4-6-12-19(17)22(24)20-13-7-5-11-18(20)21/h1-13,21-22H,14H2,(H,26,27). The molecular weight excluding hydrogens is 332 g/mol. The molecule has 0 aliphatic heterocycles. The number of carbonyl (C=O) groups is 1. The highest BCUT2D eigenvalue weighted by Crippen LogP contribution is 2.61. The first-order chi connectivity index (χ1) is 13.2. The third-order valence-electron chi connectivity index (χ3n) is 6.02. The number of amides is 1. The molecule has 2 bridgehead atoms. The summed E-state index contributed by atoms with van der Waals surface area (Å²) in [5.74, 6) is -0.387. The molecule has 3 nitrogen and oxygen atoms in total. The van der Waals surface area contributed by atoms with Gasteiger partial charge in [0.05, 0.1) is 6.07 Å². The Hall–Kier alpha value is -3.38. The van der Waals surface area contributed by atoms with Crippen LogP contribution in [0.2, 0.25) is 0 Å². The van der Waals surface area contributed by atoms with Crippen molar-refractivity contribution in [2.24, 2.45) is 5.41 Å². The van der Waals surface area contributed by atoms with Gasteiger partial charge in [-0.15, -0.1) is 0 Å². The molecule has 1 N–H and O–H groups in total. The highest BCUT2D eigenvalue weighted by Gasteiger charge is 2.57. The zero-order valence-corrected chi connectivity index (χ0v) is 14.7. The van der Waals surface area contributed by atoms with Crippen LogP contribution >= 0.6 is 0 Å². The molecule has 3 aliphatic carbocycles. The number of hydrogen-bond acceptors (Lipinski definition) is 2. The first-order valence-electron chi connectivity index (χ1n) is 9.20. The molecule has 3 aliphatic rings. The number of nitriles is 1. The monoisotopic (exact) mass is 350 g/mol. The van der Waals surface area contributed by atoms with Gasteiger partial charge >= 0.3 is 0 Å². The molecule has 0 fully saturated rings. The van der Waals surface area contributed by atoms with Crippen LogP contribution in [-0.4, -0.2) is 5.91 Å². The van der Waals surface area contributed by atoms with Gasteiger partial charge in [0.2, 0.25) is 5.91 Å². The maximum atomic E-state index is 13.4. The molecule has 27 heavy (non-hydrogen) atoms. The molecule has 1 unspecified atom stereocenters. The summed E-state index contributed by atoms with van der Waals surface area (Å²) in [4.78, 5) is 13.4. The van der Waals surface area contributed by atoms with Gasteiger partial charge in [-0.3, -0.25) is 4.79 Å². The minimum atomic E-state index is -1.11. The van der Waals surface area contributed by atoms with Crippen molar-refractivity contribution in [1.82, 2.24) is 0 Å². The van der Waals surface area contributed by atoms with Gasteiger partial charge in [-0.2, -0.15) is 5.26 Å². The third kappa shape index (κ3) is 2.17. The van der Waals surface area contributed by atoms with E-state index in [2.05, 4.69) is 35.7 Å². The predicted octanol–water partition coefficient (Wildman–Crippen LogP) is 4.82. The summed E-state index contributed by atoms with van der Waals surface area (Å²) in [5.41, 5.74) is 4.33. The second-order valence-corrected chi connectivity index (χ2v) is 7.35. The molecule has 3 aromatic rings. The van der Waals surface area contributed by atoms with Crippen LogP contribution < -0.4 is 5.32 Å². The third-order valence-corrected chi connectivity index (χ3v) is 6.02. The van der Waals surface area contributed by atoms with Gasteiger partial charge in [0, 0.05) is 17.5 Å². The second kappa shape index (κ2) is 5.82. The summed E-state index contributed by atoms with van der Waals surface area (Å²) >= 11 is 0. The van der Waals surface area contributed by atoms with E-state index < -0.39 is 5.41 Å². The van der Waals surface area contributed by atoms with Crippen LogP contribution in [0.4, 0.5) is 5.69 Å². The van der Waals surface area contributed by atoms with Crippen molar-refractivity contribution >= 4 is 11.6 Å². The van der Waals surface area contributed by atoms with Gasteiger partial charge in [-0.05, 0) is 40.8 Å². The Bertz CT molecular complexity index is 1040. The average molecular weight is 350 g/mol. The maximum absolute atomic E-state index is 13.4. The van der Waals surface area contributed by atoms with E-state index in [1.165, 1.54) is 11.1 Å². The van der Waals surface area contributed by atoms with Gasteiger partial charge in [0.15, 0.2) is 0 Å². The fourth-order valence-corrected chi connectivity index (χ4v) is 4.86. The number of nitrogens with one attached hydrogen (secondary N) is 1. The number of benzene rings is 3. The van der Waals surface area contributed by atoms with Gasteiger partial charge in [0.25, 0.3) is 0 Å². The first kappa shape index (κ1) is 15.8. The summed E-state index contributed by atoms with van der Waals surface area (Å²) in [7, 11) is 0. The molecule has 3 aromatic carbocycles. The molecule has 0 saturated carbocycles. The van der Waals surface area contributed by atoms with Crippen molar-refractivity contribution < 1.29 is 4.79 Å². The normalized spacial score (nSPS) is 24.4. The highest BCUT2D eigenvalue weighted by atomic mass is 16.2. The quantitative estimate of drug-likeness (QED) is 0.721. The van der Waals surface area contributed by atoms with E-state index in [1.807, 2.05) is 54.6 Å². The van der Waals surface area contributed by atoms with Gasteiger partial charge in [-0.1, -0.05) is 66.7 Å². The van der Waals surface area contributed by atoms with E-state index in [-0.39, 0.29) is 17.7 Å². The van der Waals surface area contributed by atoms with Crippen LogP contribution in [0.15, 0.2) is 78.9 Å². The minimum Gasteiger partial charge on any atom is -0.325 e. The van der Waals surface area contributed by atoms with E-state index in [4.69, 9.17) is 0 Å². The SMILES string of the molecule is N#CC1(C(=O)Nc2ccccc2)CC2c3ccccc3C1c1ccccc12. The van der Waals surface area contributed by atoms with Crippen molar-refractivity contribution in [3.05, 3.63) is 101 Å². The van der Waals surface area contributed by atoms with Crippen LogP contribution in [0.5, 0.6) is 0 Å². The van der Waals surface area contributed by atoms with Crippen LogP contribution in [0, 0.1) is 16.7 Å². The molecule has 0 heterocycles. The number of fused-ring (bicyclic) bond motifs is 1. The summed E-state index contributed by atoms with van der Waals surface area (Å²) in [6.45, 7) is 0. The molecule has 130 valence electrons. The maximum Gasteiger partial charge on any atom is 0.245 e. The Labute approximate surface area is 158 Å². The van der Waals surface area contributed by atoms with E-state index in [0.29, 0.717) is 6.42 Å². The fraction of sp³-hybridized carbons (Fsp3) is 0.167. The predicted molar refractivity (Wildman–Crippen MR) is 104 cm³/mol. The van der Waals surface area contributed by atoms with E-state index >= 15 is 0 Å². The Balaban J connectivity index is 1.67. The summed E-state index contributed by atoms with van der Waals surface area (Å²) in [5, 5.41) is 13.2. The van der Waals surface area contributed by atoms with Crippen LogP contribution in [0.25, 0.3) is 0 Å². The van der Waals surface area contributed by atoms with E-state index in [9.17, 15) is 10.1 Å². The molecule has 1 atom stereocenters. The van der Waals surface area contributed by atoms with Crippen molar-refractivity contribution in [3.8, 4) is 6.07 Å². The number of hydrogen-bond donors (Lipinski definition) is 1. The zero-order chi connectivity index (χ0) is 18.4. The lowest BCUT2D eigenvalue weighted by atomic mass is 9.52. The first-order valence-corrected chi connectivity index (χ1v) is 9.20. The summed E-state index contributed by atoms with van der Waals surface area (Å²) in [6, 6.07) is 28.3. The number of para-hydroxylation sites is 1. The number of anilines is 1. The lowest BCUT2D eigenvalue weighted by Crippen LogP contribution is -2.48. The highest BCUT2D eigenvalue weighted by molar-refractivity contribution is 5.99. The molecule has 0 aromatic heterocycles. The Kier molecular flexibility index (Phi) is 3.42. The van der Waals surface area contributed by atoms with E-state index in [1.54, 1.807) is 0 Å². The van der Waals surface area contributed by atoms with Crippen molar-refractivity contribution in [2.75, 3.05) is 5.32 Å². The topological polar surface area (TPSA) is 52.9 Å². The van der Waals surface area contributed by atoms with Crippen LogP contribution in [0.3, 0.4) is 0 Å². The number of nitrogens with zero attached hydrogens (tertiary/aromatic N) is 1. The molecular formula is C24H18N2O. The zero-order valence-electron chi connectivity index (χ0n) is 14.7. The molecule has 6 rings (SSSR count). The van der Waals surface area contributed by atoms with Crippen LogP contribution in [-0.2, 0) is 4.79 Å². The molecule has 1 amide bonds. The van der Waals surface area contributed by atoms with Crippen molar-refractivity contribution in [1.29, 1.82) is 5.26 Å². The Morgan fingerprint density at radius 1 is 0.852 bits per heavy atom. The second-order valence-electron chi connectivity index (χ2n) is 7.35. The number of carbonyl (C=O) groups excluding carboxylic acids is 1. The minimum absolute atomic E-state index is 0.0728. The molecule has 0 radical (unpaired) electrons. The molecule has 0 spiro atoms. The molecule has 3 heteroatoms. The van der Waals surface area contributed by atoms with Crippen molar-refractivity contribution in [3.63, 3.8) is 0 Å². The smallest absolute Gasteiger partial charge is 0.245 e. The van der Waals surface area contributed by atoms with Crippen molar-refractivity contribution in [2.45, 2.75) is 18.3 Å². The average Bonchev–Trinajstić information content (AvgIpc) is 2.74. The fourth-order valence-electron chi connectivity index (χ4n) is 4.86. The lowest BCUT2D eigenvalue weighted by molar-refractivity contribution is -0.124. The summed E-state index contributed by atoms with van der Waals surface area (Å²) < 4.78 is 0. The number of rotatable bonds is 2. The summed E-state index contributed by atoms with van der Waals surface area (Å²) in [6.07, 6.45) is 0.515.